The largest absolute Gasteiger partial charge is 0.487 e. The van der Waals surface area contributed by atoms with Gasteiger partial charge < -0.3 is 4.74 Å². The molecule has 0 atom stereocenters. The molecule has 0 saturated heterocycles. The molecule has 1 aromatic carbocycles. The molecule has 0 bridgehead atoms. The summed E-state index contributed by atoms with van der Waals surface area (Å²) in [6.07, 6.45) is 4.87. The summed E-state index contributed by atoms with van der Waals surface area (Å²) in [5, 5.41) is 1.35. The minimum Gasteiger partial charge on any atom is -0.487 e. The van der Waals surface area contributed by atoms with Crippen molar-refractivity contribution in [2.24, 2.45) is 0 Å². The van der Waals surface area contributed by atoms with Crippen LogP contribution in [-0.2, 0) is 6.61 Å². The van der Waals surface area contributed by atoms with Crippen LogP contribution in [0, 0.1) is 0 Å². The summed E-state index contributed by atoms with van der Waals surface area (Å²) in [6, 6.07) is 9.64. The van der Waals surface area contributed by atoms with Crippen LogP contribution >= 0.6 is 11.6 Å². The van der Waals surface area contributed by atoms with Crippen molar-refractivity contribution < 1.29 is 4.74 Å². The van der Waals surface area contributed by atoms with Crippen LogP contribution in [0.25, 0.3) is 10.9 Å². The number of ether oxygens (including phenoxy) is 1. The van der Waals surface area contributed by atoms with Crippen molar-refractivity contribution >= 4 is 22.5 Å². The van der Waals surface area contributed by atoms with Crippen LogP contribution in [0.1, 0.15) is 5.69 Å². The Kier molecular flexibility index (Phi) is 3.25. The molecular formula is C14H10ClN3O. The van der Waals surface area contributed by atoms with Gasteiger partial charge in [0.05, 0.1) is 23.6 Å². The molecule has 3 rings (SSSR count). The van der Waals surface area contributed by atoms with Gasteiger partial charge in [0.25, 0.3) is 0 Å². The van der Waals surface area contributed by atoms with Crippen molar-refractivity contribution in [3.05, 3.63) is 59.8 Å². The molecule has 3 aromatic rings. The minimum absolute atomic E-state index is 0.345. The van der Waals surface area contributed by atoms with Crippen LogP contribution in [0.3, 0.4) is 0 Å². The van der Waals surface area contributed by atoms with E-state index in [-0.39, 0.29) is 0 Å². The summed E-state index contributed by atoms with van der Waals surface area (Å²) < 4.78 is 5.76. The molecule has 0 aliphatic rings. The Hall–Kier alpha value is -2.20. The minimum atomic E-state index is 0.345. The van der Waals surface area contributed by atoms with E-state index in [4.69, 9.17) is 16.3 Å². The van der Waals surface area contributed by atoms with Crippen LogP contribution in [0.2, 0.25) is 5.15 Å². The van der Waals surface area contributed by atoms with Crippen LogP contribution < -0.4 is 4.74 Å². The maximum atomic E-state index is 5.76. The molecule has 0 amide bonds. The Morgan fingerprint density at radius 3 is 2.79 bits per heavy atom. The normalized spacial score (nSPS) is 10.6. The van der Waals surface area contributed by atoms with Crippen molar-refractivity contribution in [1.82, 2.24) is 15.0 Å². The molecule has 0 saturated carbocycles. The van der Waals surface area contributed by atoms with E-state index in [2.05, 4.69) is 15.0 Å². The Morgan fingerprint density at radius 1 is 1.00 bits per heavy atom. The topological polar surface area (TPSA) is 47.9 Å². The first-order valence-electron chi connectivity index (χ1n) is 5.76. The highest BCUT2D eigenvalue weighted by Gasteiger charge is 2.03. The monoisotopic (exact) mass is 271 g/mol. The smallest absolute Gasteiger partial charge is 0.147 e. The Morgan fingerprint density at radius 2 is 1.95 bits per heavy atom. The van der Waals surface area contributed by atoms with Gasteiger partial charge in [0.2, 0.25) is 0 Å². The van der Waals surface area contributed by atoms with E-state index in [0.29, 0.717) is 11.8 Å². The van der Waals surface area contributed by atoms with E-state index >= 15 is 0 Å². The fraction of sp³-hybridized carbons (Fsp3) is 0.0714. The number of pyridine rings is 1. The van der Waals surface area contributed by atoms with Gasteiger partial charge in [0, 0.05) is 11.6 Å². The van der Waals surface area contributed by atoms with Gasteiger partial charge in [-0.25, -0.2) is 4.98 Å². The van der Waals surface area contributed by atoms with E-state index in [0.717, 1.165) is 22.3 Å². The number of benzene rings is 1. The maximum absolute atomic E-state index is 5.76. The van der Waals surface area contributed by atoms with Gasteiger partial charge in [-0.15, -0.1) is 0 Å². The van der Waals surface area contributed by atoms with Gasteiger partial charge in [0.15, 0.2) is 0 Å². The van der Waals surface area contributed by atoms with Crippen molar-refractivity contribution in [2.45, 2.75) is 6.61 Å². The third kappa shape index (κ3) is 2.63. The highest BCUT2D eigenvalue weighted by molar-refractivity contribution is 6.29. The first kappa shape index (κ1) is 11.9. The van der Waals surface area contributed by atoms with Crippen molar-refractivity contribution in [2.75, 3.05) is 0 Å². The fourth-order valence-electron chi connectivity index (χ4n) is 1.77. The predicted octanol–water partition coefficient (Wildman–Crippen LogP) is 3.26. The fourth-order valence-corrected chi connectivity index (χ4v) is 1.86. The standard InChI is InChI=1S/C14H10ClN3O/c15-14-8-17-10(7-18-14)9-19-13-5-1-4-12-11(13)3-2-6-16-12/h1-8H,9H2. The number of hydrogen-bond acceptors (Lipinski definition) is 4. The second-order valence-corrected chi connectivity index (χ2v) is 4.33. The average Bonchev–Trinajstić information content (AvgIpc) is 2.47. The van der Waals surface area contributed by atoms with E-state index in [9.17, 15) is 0 Å². The predicted molar refractivity (Wildman–Crippen MR) is 73.1 cm³/mol. The molecule has 0 aliphatic heterocycles. The maximum Gasteiger partial charge on any atom is 0.147 e. The van der Waals surface area contributed by atoms with Crippen LogP contribution in [-0.4, -0.2) is 15.0 Å². The molecule has 0 N–H and O–H groups in total. The number of halogens is 1. The second-order valence-electron chi connectivity index (χ2n) is 3.95. The third-order valence-electron chi connectivity index (χ3n) is 2.66. The van der Waals surface area contributed by atoms with Gasteiger partial charge >= 0.3 is 0 Å². The number of fused-ring (bicyclic) bond motifs is 1. The van der Waals surface area contributed by atoms with Gasteiger partial charge in [-0.2, -0.15) is 0 Å². The van der Waals surface area contributed by atoms with E-state index in [1.807, 2.05) is 30.3 Å². The van der Waals surface area contributed by atoms with Crippen LogP contribution in [0.4, 0.5) is 0 Å². The highest BCUT2D eigenvalue weighted by Crippen LogP contribution is 2.24. The van der Waals surface area contributed by atoms with Gasteiger partial charge in [0.1, 0.15) is 17.5 Å². The van der Waals surface area contributed by atoms with Gasteiger partial charge in [-0.3, -0.25) is 9.97 Å². The average molecular weight is 272 g/mol. The zero-order valence-electron chi connectivity index (χ0n) is 9.95. The quantitative estimate of drug-likeness (QED) is 0.734. The first-order valence-corrected chi connectivity index (χ1v) is 6.14. The molecule has 0 radical (unpaired) electrons. The SMILES string of the molecule is Clc1cnc(COc2cccc3ncccc23)cn1. The van der Waals surface area contributed by atoms with E-state index in [1.54, 1.807) is 12.4 Å². The molecule has 5 heteroatoms. The lowest BCUT2D eigenvalue weighted by Gasteiger charge is -2.08. The number of hydrogen-bond donors (Lipinski definition) is 0. The van der Waals surface area contributed by atoms with E-state index in [1.165, 1.54) is 6.20 Å². The third-order valence-corrected chi connectivity index (χ3v) is 2.85. The Bertz CT molecular complexity index is 695. The molecule has 0 fully saturated rings. The molecule has 4 nitrogen and oxygen atoms in total. The summed E-state index contributed by atoms with van der Waals surface area (Å²) in [7, 11) is 0. The molecular weight excluding hydrogens is 262 g/mol. The molecule has 0 aliphatic carbocycles. The van der Waals surface area contributed by atoms with Crippen LogP contribution in [0.15, 0.2) is 48.9 Å². The molecule has 94 valence electrons. The number of nitrogens with zero attached hydrogens (tertiary/aromatic N) is 3. The molecule has 2 heterocycles. The zero-order chi connectivity index (χ0) is 13.1. The van der Waals surface area contributed by atoms with Gasteiger partial charge in [-0.05, 0) is 24.3 Å². The molecule has 0 unspecified atom stereocenters. The van der Waals surface area contributed by atoms with Crippen molar-refractivity contribution in [3.8, 4) is 5.75 Å². The summed E-state index contributed by atoms with van der Waals surface area (Å²) in [5.41, 5.74) is 1.63. The summed E-state index contributed by atoms with van der Waals surface area (Å²) in [4.78, 5) is 12.4. The summed E-state index contributed by atoms with van der Waals surface area (Å²) >= 11 is 5.68. The van der Waals surface area contributed by atoms with Crippen molar-refractivity contribution in [1.29, 1.82) is 0 Å². The lowest BCUT2D eigenvalue weighted by Crippen LogP contribution is -1.99. The Labute approximate surface area is 115 Å². The zero-order valence-corrected chi connectivity index (χ0v) is 10.7. The molecule has 2 aromatic heterocycles. The summed E-state index contributed by atoms with van der Waals surface area (Å²) in [5.74, 6) is 0.780. The number of aromatic nitrogens is 3. The lowest BCUT2D eigenvalue weighted by atomic mass is 10.2. The molecule has 0 spiro atoms. The second kappa shape index (κ2) is 5.20. The lowest BCUT2D eigenvalue weighted by molar-refractivity contribution is 0.304. The Balaban J connectivity index is 1.84. The summed E-state index contributed by atoms with van der Waals surface area (Å²) in [6.45, 7) is 0.345. The van der Waals surface area contributed by atoms with Gasteiger partial charge in [-0.1, -0.05) is 17.7 Å². The van der Waals surface area contributed by atoms with Crippen LogP contribution in [0.5, 0.6) is 5.75 Å². The highest BCUT2D eigenvalue weighted by atomic mass is 35.5. The van der Waals surface area contributed by atoms with Crippen molar-refractivity contribution in [3.63, 3.8) is 0 Å². The number of rotatable bonds is 3. The first-order chi connectivity index (χ1) is 9.33. The van der Waals surface area contributed by atoms with E-state index < -0.39 is 0 Å². The molecule has 19 heavy (non-hydrogen) atoms.